The van der Waals surface area contributed by atoms with Crippen LogP contribution in [0, 0.1) is 0 Å². The Morgan fingerprint density at radius 1 is 1.43 bits per heavy atom. The van der Waals surface area contributed by atoms with Crippen molar-refractivity contribution in [2.75, 3.05) is 0 Å². The van der Waals surface area contributed by atoms with Gasteiger partial charge >= 0.3 is 5.97 Å². The lowest BCUT2D eigenvalue weighted by Crippen LogP contribution is -2.13. The van der Waals surface area contributed by atoms with Gasteiger partial charge in [-0.25, -0.2) is 14.5 Å². The second-order valence-corrected chi connectivity index (χ2v) is 6.92. The Hall–Kier alpha value is -1.76. The highest BCUT2D eigenvalue weighted by molar-refractivity contribution is 7.09. The van der Waals surface area contributed by atoms with Gasteiger partial charge in [-0.05, 0) is 6.42 Å². The van der Waals surface area contributed by atoms with Crippen LogP contribution >= 0.6 is 11.3 Å². The van der Waals surface area contributed by atoms with E-state index in [1.807, 2.05) is 12.3 Å². The molecule has 0 aliphatic heterocycles. The van der Waals surface area contributed by atoms with Gasteiger partial charge in [0.25, 0.3) is 0 Å². The molecule has 0 radical (unpaired) electrons. The van der Waals surface area contributed by atoms with Crippen molar-refractivity contribution in [2.45, 2.75) is 52.5 Å². The SMILES string of the molecule is CCCc1c(C(=O)O)nnn1Cc1nc(C(C)(C)C)cs1. The smallest absolute Gasteiger partial charge is 0.358 e. The molecule has 0 atom stereocenters. The van der Waals surface area contributed by atoms with Gasteiger partial charge in [-0.3, -0.25) is 0 Å². The Morgan fingerprint density at radius 2 is 2.14 bits per heavy atom. The number of aromatic nitrogens is 4. The topological polar surface area (TPSA) is 80.9 Å². The van der Waals surface area contributed by atoms with E-state index < -0.39 is 5.97 Å². The van der Waals surface area contributed by atoms with Crippen LogP contribution in [0.2, 0.25) is 0 Å². The zero-order valence-electron chi connectivity index (χ0n) is 12.8. The summed E-state index contributed by atoms with van der Waals surface area (Å²) in [6, 6.07) is 0. The molecule has 0 aromatic carbocycles. The van der Waals surface area contributed by atoms with Crippen LogP contribution in [-0.4, -0.2) is 31.1 Å². The van der Waals surface area contributed by atoms with Crippen LogP contribution in [-0.2, 0) is 18.4 Å². The van der Waals surface area contributed by atoms with Crippen LogP contribution in [0.15, 0.2) is 5.38 Å². The highest BCUT2D eigenvalue weighted by Gasteiger charge is 2.21. The van der Waals surface area contributed by atoms with Crippen LogP contribution in [0.1, 0.15) is 61.0 Å². The van der Waals surface area contributed by atoms with E-state index in [0.717, 1.165) is 17.1 Å². The number of aromatic carboxylic acids is 1. The molecule has 114 valence electrons. The average Bonchev–Trinajstić information content (AvgIpc) is 2.98. The minimum absolute atomic E-state index is 0.00951. The van der Waals surface area contributed by atoms with E-state index in [-0.39, 0.29) is 11.1 Å². The summed E-state index contributed by atoms with van der Waals surface area (Å²) in [6.07, 6.45) is 1.49. The predicted molar refractivity (Wildman–Crippen MR) is 80.9 cm³/mol. The minimum atomic E-state index is -1.03. The van der Waals surface area contributed by atoms with Crippen LogP contribution < -0.4 is 0 Å². The van der Waals surface area contributed by atoms with E-state index in [1.54, 1.807) is 16.0 Å². The van der Waals surface area contributed by atoms with Gasteiger partial charge in [0.1, 0.15) is 5.01 Å². The Kier molecular flexibility index (Phi) is 4.41. The molecule has 0 aliphatic carbocycles. The molecular formula is C14H20N4O2S. The van der Waals surface area contributed by atoms with Crippen molar-refractivity contribution in [3.05, 3.63) is 27.5 Å². The van der Waals surface area contributed by atoms with E-state index in [9.17, 15) is 4.79 Å². The van der Waals surface area contributed by atoms with Crippen molar-refractivity contribution >= 4 is 17.3 Å². The lowest BCUT2D eigenvalue weighted by atomic mass is 9.93. The molecule has 0 unspecified atom stereocenters. The molecule has 1 N–H and O–H groups in total. The highest BCUT2D eigenvalue weighted by Crippen LogP contribution is 2.24. The van der Waals surface area contributed by atoms with Crippen molar-refractivity contribution in [3.8, 4) is 0 Å². The minimum Gasteiger partial charge on any atom is -0.476 e. The third-order valence-corrected chi connectivity index (χ3v) is 3.97. The summed E-state index contributed by atoms with van der Waals surface area (Å²) in [5.41, 5.74) is 1.76. The molecule has 0 amide bonds. The lowest BCUT2D eigenvalue weighted by molar-refractivity contribution is 0.0689. The molecule has 0 fully saturated rings. The van der Waals surface area contributed by atoms with Crippen molar-refractivity contribution in [1.29, 1.82) is 0 Å². The molecule has 2 aromatic heterocycles. The summed E-state index contributed by atoms with van der Waals surface area (Å²) < 4.78 is 1.65. The maximum Gasteiger partial charge on any atom is 0.358 e. The zero-order chi connectivity index (χ0) is 15.6. The fraction of sp³-hybridized carbons (Fsp3) is 0.571. The van der Waals surface area contributed by atoms with Gasteiger partial charge in [0.15, 0.2) is 5.69 Å². The summed E-state index contributed by atoms with van der Waals surface area (Å²) in [5.74, 6) is -1.03. The first-order valence-corrected chi connectivity index (χ1v) is 7.81. The Morgan fingerprint density at radius 3 is 2.67 bits per heavy atom. The molecule has 7 heteroatoms. The van der Waals surface area contributed by atoms with E-state index >= 15 is 0 Å². The third kappa shape index (κ3) is 3.47. The number of thiazole rings is 1. The number of carboxylic acid groups (broad SMARTS) is 1. The maximum atomic E-state index is 11.2. The van der Waals surface area contributed by atoms with E-state index in [1.165, 1.54) is 0 Å². The summed E-state index contributed by atoms with van der Waals surface area (Å²) in [4.78, 5) is 15.8. The normalized spacial score (nSPS) is 11.8. The quantitative estimate of drug-likeness (QED) is 0.918. The number of hydrogen-bond acceptors (Lipinski definition) is 5. The van der Waals surface area contributed by atoms with Crippen molar-refractivity contribution in [3.63, 3.8) is 0 Å². The number of nitrogens with zero attached hydrogens (tertiary/aromatic N) is 4. The zero-order valence-corrected chi connectivity index (χ0v) is 13.6. The van der Waals surface area contributed by atoms with Gasteiger partial charge < -0.3 is 5.11 Å². The molecule has 0 spiro atoms. The summed E-state index contributed by atoms with van der Waals surface area (Å²) >= 11 is 1.57. The molecular weight excluding hydrogens is 288 g/mol. The molecule has 0 bridgehead atoms. The molecule has 2 rings (SSSR count). The lowest BCUT2D eigenvalue weighted by Gasteiger charge is -2.14. The average molecular weight is 308 g/mol. The summed E-state index contributed by atoms with van der Waals surface area (Å²) in [6.45, 7) is 8.82. The summed E-state index contributed by atoms with van der Waals surface area (Å²) in [5, 5.41) is 19.9. The van der Waals surface area contributed by atoms with Gasteiger partial charge in [0.2, 0.25) is 0 Å². The van der Waals surface area contributed by atoms with Crippen molar-refractivity contribution < 1.29 is 9.90 Å². The van der Waals surface area contributed by atoms with Gasteiger partial charge in [0, 0.05) is 10.8 Å². The van der Waals surface area contributed by atoms with Gasteiger partial charge in [0.05, 0.1) is 17.9 Å². The largest absolute Gasteiger partial charge is 0.476 e. The van der Waals surface area contributed by atoms with E-state index in [4.69, 9.17) is 5.11 Å². The number of hydrogen-bond donors (Lipinski definition) is 1. The highest BCUT2D eigenvalue weighted by atomic mass is 32.1. The fourth-order valence-corrected chi connectivity index (χ4v) is 2.97. The van der Waals surface area contributed by atoms with E-state index in [0.29, 0.717) is 18.7 Å². The second-order valence-electron chi connectivity index (χ2n) is 5.97. The molecule has 2 aromatic rings. The second kappa shape index (κ2) is 5.93. The molecule has 0 aliphatic rings. The Labute approximate surface area is 127 Å². The van der Waals surface area contributed by atoms with E-state index in [2.05, 4.69) is 36.1 Å². The van der Waals surface area contributed by atoms with Gasteiger partial charge in [-0.15, -0.1) is 16.4 Å². The summed E-state index contributed by atoms with van der Waals surface area (Å²) in [7, 11) is 0. The Balaban J connectivity index is 2.27. The third-order valence-electron chi connectivity index (χ3n) is 3.13. The first kappa shape index (κ1) is 15.6. The fourth-order valence-electron chi connectivity index (χ4n) is 1.97. The molecule has 0 saturated heterocycles. The Bertz CT molecular complexity index is 640. The molecule has 6 nitrogen and oxygen atoms in total. The van der Waals surface area contributed by atoms with Gasteiger partial charge in [-0.2, -0.15) is 0 Å². The first-order chi connectivity index (χ1) is 9.82. The molecule has 2 heterocycles. The predicted octanol–water partition coefficient (Wildman–Crippen LogP) is 2.73. The molecule has 21 heavy (non-hydrogen) atoms. The van der Waals surface area contributed by atoms with Crippen molar-refractivity contribution in [2.24, 2.45) is 0 Å². The number of rotatable bonds is 5. The van der Waals surface area contributed by atoms with Crippen LogP contribution in [0.4, 0.5) is 0 Å². The van der Waals surface area contributed by atoms with Crippen LogP contribution in [0.3, 0.4) is 0 Å². The van der Waals surface area contributed by atoms with Crippen LogP contribution in [0.5, 0.6) is 0 Å². The first-order valence-electron chi connectivity index (χ1n) is 6.93. The maximum absolute atomic E-state index is 11.2. The monoisotopic (exact) mass is 308 g/mol. The molecule has 0 saturated carbocycles. The number of carbonyl (C=O) groups is 1. The van der Waals surface area contributed by atoms with Crippen molar-refractivity contribution in [1.82, 2.24) is 20.0 Å². The van der Waals surface area contributed by atoms with Gasteiger partial charge in [-0.1, -0.05) is 39.3 Å². The van der Waals surface area contributed by atoms with Crippen LogP contribution in [0.25, 0.3) is 0 Å². The number of carboxylic acids is 1. The standard InChI is InChI=1S/C14H20N4O2S/c1-5-6-9-12(13(19)20)16-17-18(9)7-11-15-10(8-21-11)14(2,3)4/h8H,5-7H2,1-4H3,(H,19,20).